The van der Waals surface area contributed by atoms with E-state index in [9.17, 15) is 4.79 Å². The van der Waals surface area contributed by atoms with Gasteiger partial charge in [-0.25, -0.2) is 0 Å². The molecular formula is C10H18N4O2. The summed E-state index contributed by atoms with van der Waals surface area (Å²) >= 11 is 0. The first-order valence-corrected chi connectivity index (χ1v) is 5.55. The summed E-state index contributed by atoms with van der Waals surface area (Å²) in [6, 6.07) is 0. The monoisotopic (exact) mass is 226 g/mol. The highest BCUT2D eigenvalue weighted by atomic mass is 16.5. The summed E-state index contributed by atoms with van der Waals surface area (Å²) in [5, 5.41) is 3.29. The Morgan fingerprint density at radius 1 is 1.62 bits per heavy atom. The summed E-state index contributed by atoms with van der Waals surface area (Å²) in [7, 11) is 0. The van der Waals surface area contributed by atoms with Gasteiger partial charge in [-0.2, -0.15) is 0 Å². The molecule has 6 nitrogen and oxygen atoms in total. The molecule has 2 atom stereocenters. The van der Waals surface area contributed by atoms with Crippen molar-refractivity contribution in [1.29, 1.82) is 0 Å². The number of rotatable bonds is 5. The maximum atomic E-state index is 11.6. The van der Waals surface area contributed by atoms with Gasteiger partial charge in [-0.15, -0.1) is 0 Å². The van der Waals surface area contributed by atoms with Crippen molar-refractivity contribution in [2.75, 3.05) is 32.8 Å². The Labute approximate surface area is 95.2 Å². The molecule has 0 aromatic carbocycles. The molecule has 0 saturated carbocycles. The van der Waals surface area contributed by atoms with E-state index in [-0.39, 0.29) is 12.5 Å². The van der Waals surface area contributed by atoms with E-state index >= 15 is 0 Å². The Morgan fingerprint density at radius 2 is 2.38 bits per heavy atom. The Morgan fingerprint density at radius 3 is 3.00 bits per heavy atom. The second-order valence-electron chi connectivity index (χ2n) is 4.08. The molecule has 1 aliphatic heterocycles. The molecule has 2 unspecified atom stereocenters. The average Bonchev–Trinajstić information content (AvgIpc) is 2.65. The van der Waals surface area contributed by atoms with E-state index in [4.69, 9.17) is 10.3 Å². The molecule has 0 N–H and O–H groups in total. The second kappa shape index (κ2) is 6.35. The molecule has 1 rings (SSSR count). The molecule has 1 aliphatic rings. The van der Waals surface area contributed by atoms with Gasteiger partial charge in [0.1, 0.15) is 6.54 Å². The van der Waals surface area contributed by atoms with Gasteiger partial charge in [-0.3, -0.25) is 4.79 Å². The Bertz CT molecular complexity index is 289. The summed E-state index contributed by atoms with van der Waals surface area (Å²) in [4.78, 5) is 15.9. The minimum Gasteiger partial charge on any atom is -0.381 e. The fraction of sp³-hybridized carbons (Fsp3) is 0.900. The zero-order valence-corrected chi connectivity index (χ0v) is 9.80. The molecule has 6 heteroatoms. The predicted molar refractivity (Wildman–Crippen MR) is 59.7 cm³/mol. The SMILES string of the molecule is CCOCC1CN(C(=O)CN=[N+]=[N-])CC1C. The van der Waals surface area contributed by atoms with Gasteiger partial charge < -0.3 is 9.64 Å². The van der Waals surface area contributed by atoms with Crippen LogP contribution in [0.5, 0.6) is 0 Å². The van der Waals surface area contributed by atoms with Crippen molar-refractivity contribution >= 4 is 5.91 Å². The normalized spacial score (nSPS) is 24.2. The molecule has 1 amide bonds. The fourth-order valence-corrected chi connectivity index (χ4v) is 1.92. The van der Waals surface area contributed by atoms with E-state index in [1.165, 1.54) is 0 Å². The van der Waals surface area contributed by atoms with E-state index in [0.717, 1.165) is 6.54 Å². The van der Waals surface area contributed by atoms with Crippen LogP contribution in [0.15, 0.2) is 5.11 Å². The summed E-state index contributed by atoms with van der Waals surface area (Å²) in [6.07, 6.45) is 0. The third kappa shape index (κ3) is 3.40. The third-order valence-corrected chi connectivity index (χ3v) is 2.93. The highest BCUT2D eigenvalue weighted by Gasteiger charge is 2.31. The van der Waals surface area contributed by atoms with E-state index in [0.29, 0.717) is 31.6 Å². The van der Waals surface area contributed by atoms with Crippen LogP contribution in [-0.4, -0.2) is 43.7 Å². The predicted octanol–water partition coefficient (Wildman–Crippen LogP) is 1.43. The summed E-state index contributed by atoms with van der Waals surface area (Å²) in [5.41, 5.74) is 8.15. The van der Waals surface area contributed by atoms with E-state index < -0.39 is 0 Å². The standard InChI is InChI=1S/C10H18N4O2/c1-3-16-7-9-6-14(5-8(9)2)10(15)4-12-13-11/h8-9H,3-7H2,1-2H3. The molecule has 1 fully saturated rings. The smallest absolute Gasteiger partial charge is 0.228 e. The van der Waals surface area contributed by atoms with Crippen LogP contribution in [0.3, 0.4) is 0 Å². The van der Waals surface area contributed by atoms with Crippen molar-refractivity contribution in [3.05, 3.63) is 10.4 Å². The lowest BCUT2D eigenvalue weighted by Gasteiger charge is -2.15. The second-order valence-corrected chi connectivity index (χ2v) is 4.08. The van der Waals surface area contributed by atoms with Crippen molar-refractivity contribution in [3.63, 3.8) is 0 Å². The molecular weight excluding hydrogens is 208 g/mol. The minimum atomic E-state index is -0.0938. The van der Waals surface area contributed by atoms with Crippen LogP contribution >= 0.6 is 0 Å². The fourth-order valence-electron chi connectivity index (χ4n) is 1.92. The molecule has 1 saturated heterocycles. The maximum absolute atomic E-state index is 11.6. The largest absolute Gasteiger partial charge is 0.381 e. The molecule has 0 aromatic rings. The number of hydrogen-bond acceptors (Lipinski definition) is 3. The van der Waals surface area contributed by atoms with Crippen LogP contribution in [-0.2, 0) is 9.53 Å². The number of amides is 1. The van der Waals surface area contributed by atoms with Gasteiger partial charge in [-0.1, -0.05) is 12.0 Å². The lowest BCUT2D eigenvalue weighted by Crippen LogP contribution is -2.31. The van der Waals surface area contributed by atoms with E-state index in [1.54, 1.807) is 4.90 Å². The first kappa shape index (κ1) is 12.8. The van der Waals surface area contributed by atoms with Crippen LogP contribution < -0.4 is 0 Å². The number of hydrogen-bond donors (Lipinski definition) is 0. The van der Waals surface area contributed by atoms with Gasteiger partial charge in [0.2, 0.25) is 5.91 Å². The Hall–Kier alpha value is -1.26. The van der Waals surface area contributed by atoms with E-state index in [1.807, 2.05) is 6.92 Å². The molecule has 0 bridgehead atoms. The number of azide groups is 1. The van der Waals surface area contributed by atoms with Crippen LogP contribution in [0.4, 0.5) is 0 Å². The topological polar surface area (TPSA) is 78.3 Å². The van der Waals surface area contributed by atoms with Crippen molar-refractivity contribution in [1.82, 2.24) is 4.90 Å². The highest BCUT2D eigenvalue weighted by Crippen LogP contribution is 2.23. The van der Waals surface area contributed by atoms with Crippen LogP contribution in [0, 0.1) is 11.8 Å². The first-order valence-electron chi connectivity index (χ1n) is 5.55. The van der Waals surface area contributed by atoms with Gasteiger partial charge in [-0.05, 0) is 18.4 Å². The number of ether oxygens (including phenoxy) is 1. The zero-order valence-electron chi connectivity index (χ0n) is 9.80. The lowest BCUT2D eigenvalue weighted by atomic mass is 9.99. The molecule has 0 aromatic heterocycles. The number of likely N-dealkylation sites (tertiary alicyclic amines) is 1. The lowest BCUT2D eigenvalue weighted by molar-refractivity contribution is -0.128. The number of carbonyl (C=O) groups is 1. The Balaban J connectivity index is 2.42. The summed E-state index contributed by atoms with van der Waals surface area (Å²) < 4.78 is 5.38. The van der Waals surface area contributed by atoms with Gasteiger partial charge in [0.05, 0.1) is 6.61 Å². The van der Waals surface area contributed by atoms with Gasteiger partial charge in [0.15, 0.2) is 0 Å². The molecule has 1 heterocycles. The molecule has 0 radical (unpaired) electrons. The molecule has 0 aliphatic carbocycles. The molecule has 16 heavy (non-hydrogen) atoms. The quantitative estimate of drug-likeness (QED) is 0.404. The Kier molecular flexibility index (Phi) is 5.08. The first-order chi connectivity index (χ1) is 7.69. The van der Waals surface area contributed by atoms with Gasteiger partial charge in [0.25, 0.3) is 0 Å². The minimum absolute atomic E-state index is 0.0788. The van der Waals surface area contributed by atoms with Crippen LogP contribution in [0.25, 0.3) is 10.4 Å². The molecule has 90 valence electrons. The highest BCUT2D eigenvalue weighted by molar-refractivity contribution is 5.78. The van der Waals surface area contributed by atoms with Crippen LogP contribution in [0.2, 0.25) is 0 Å². The number of nitrogens with zero attached hydrogens (tertiary/aromatic N) is 4. The van der Waals surface area contributed by atoms with Gasteiger partial charge >= 0.3 is 0 Å². The zero-order chi connectivity index (χ0) is 12.0. The van der Waals surface area contributed by atoms with Crippen LogP contribution in [0.1, 0.15) is 13.8 Å². The van der Waals surface area contributed by atoms with E-state index in [2.05, 4.69) is 16.9 Å². The number of carbonyl (C=O) groups excluding carboxylic acids is 1. The molecule has 0 spiro atoms. The summed E-state index contributed by atoms with van der Waals surface area (Å²) in [5.74, 6) is 0.750. The maximum Gasteiger partial charge on any atom is 0.228 e. The average molecular weight is 226 g/mol. The van der Waals surface area contributed by atoms with Crippen molar-refractivity contribution < 1.29 is 9.53 Å². The third-order valence-electron chi connectivity index (χ3n) is 2.93. The van der Waals surface area contributed by atoms with Crippen molar-refractivity contribution in [2.24, 2.45) is 17.0 Å². The van der Waals surface area contributed by atoms with Crippen molar-refractivity contribution in [2.45, 2.75) is 13.8 Å². The van der Waals surface area contributed by atoms with Crippen molar-refractivity contribution in [3.8, 4) is 0 Å². The summed E-state index contributed by atoms with van der Waals surface area (Å²) in [6.45, 7) is 6.84. The van der Waals surface area contributed by atoms with Gasteiger partial charge in [0, 0.05) is 30.5 Å².